The van der Waals surface area contributed by atoms with E-state index in [1.165, 1.54) is 18.2 Å². The highest BCUT2D eigenvalue weighted by atomic mass is 16.6. The summed E-state index contributed by atoms with van der Waals surface area (Å²) < 4.78 is 0. The highest BCUT2D eigenvalue weighted by Gasteiger charge is 2.21. The van der Waals surface area contributed by atoms with Gasteiger partial charge in [-0.2, -0.15) is 0 Å². The van der Waals surface area contributed by atoms with E-state index in [1.807, 2.05) is 0 Å². The molecule has 0 fully saturated rings. The van der Waals surface area contributed by atoms with Crippen LogP contribution in [0.4, 0.5) is 5.69 Å². The molecule has 0 saturated carbocycles. The minimum Gasteiger partial charge on any atom is -0.388 e. The average molecular weight is 223 g/mol. The highest BCUT2D eigenvalue weighted by Crippen LogP contribution is 2.26. The molecule has 1 rings (SSSR count). The molecule has 1 atom stereocenters. The topological polar surface area (TPSA) is 80.4 Å². The Labute approximate surface area is 92.9 Å². The van der Waals surface area contributed by atoms with Gasteiger partial charge in [0, 0.05) is 18.9 Å². The predicted molar refractivity (Wildman–Crippen MR) is 58.0 cm³/mol. The minimum absolute atomic E-state index is 0.0820. The third-order valence-corrected chi connectivity index (χ3v) is 2.31. The van der Waals surface area contributed by atoms with Crippen LogP contribution < -0.4 is 0 Å². The van der Waals surface area contributed by atoms with Crippen molar-refractivity contribution in [3.8, 4) is 0 Å². The van der Waals surface area contributed by atoms with Crippen LogP contribution in [0, 0.1) is 10.1 Å². The van der Waals surface area contributed by atoms with Crippen molar-refractivity contribution in [2.45, 2.75) is 25.9 Å². The minimum atomic E-state index is -1.10. The maximum atomic E-state index is 11.1. The summed E-state index contributed by atoms with van der Waals surface area (Å²) >= 11 is 0. The fraction of sp³-hybridized carbons (Fsp3) is 0.364. The third kappa shape index (κ3) is 2.87. The van der Waals surface area contributed by atoms with Gasteiger partial charge >= 0.3 is 0 Å². The van der Waals surface area contributed by atoms with E-state index >= 15 is 0 Å². The summed E-state index contributed by atoms with van der Waals surface area (Å²) in [7, 11) is 0. The molecule has 1 aromatic rings. The van der Waals surface area contributed by atoms with Crippen LogP contribution in [-0.4, -0.2) is 15.8 Å². The van der Waals surface area contributed by atoms with Crippen LogP contribution in [0.15, 0.2) is 24.3 Å². The number of benzene rings is 1. The Balaban J connectivity index is 2.94. The molecule has 0 saturated heterocycles. The molecular formula is C11H13NO4. The molecule has 0 bridgehead atoms. The number of carbonyl (C=O) groups excluding carboxylic acids is 1. The number of hydrogen-bond acceptors (Lipinski definition) is 4. The van der Waals surface area contributed by atoms with Gasteiger partial charge < -0.3 is 5.11 Å². The van der Waals surface area contributed by atoms with Gasteiger partial charge in [-0.25, -0.2) is 0 Å². The molecule has 0 heterocycles. The molecule has 0 aliphatic carbocycles. The number of nitrogens with zero attached hydrogens (tertiary/aromatic N) is 1. The van der Waals surface area contributed by atoms with Gasteiger partial charge in [0.1, 0.15) is 5.78 Å². The monoisotopic (exact) mass is 223 g/mol. The van der Waals surface area contributed by atoms with Gasteiger partial charge in [0.05, 0.1) is 16.6 Å². The van der Waals surface area contributed by atoms with Crippen LogP contribution in [0.1, 0.15) is 31.4 Å². The molecule has 5 nitrogen and oxygen atoms in total. The third-order valence-electron chi connectivity index (χ3n) is 2.31. The summed E-state index contributed by atoms with van der Waals surface area (Å²) in [6.45, 7) is 1.69. The Kier molecular flexibility index (Phi) is 4.13. The zero-order chi connectivity index (χ0) is 12.1. The van der Waals surface area contributed by atoms with Crippen LogP contribution in [0.3, 0.4) is 0 Å². The first-order valence-corrected chi connectivity index (χ1v) is 4.99. The number of ketones is 1. The Bertz CT molecular complexity index is 403. The number of carbonyl (C=O) groups is 1. The molecular weight excluding hydrogens is 210 g/mol. The molecule has 5 heteroatoms. The second kappa shape index (κ2) is 5.37. The molecule has 86 valence electrons. The van der Waals surface area contributed by atoms with Gasteiger partial charge in [-0.05, 0) is 6.07 Å². The lowest BCUT2D eigenvalue weighted by Crippen LogP contribution is -2.07. The zero-order valence-corrected chi connectivity index (χ0v) is 8.92. The van der Waals surface area contributed by atoms with E-state index < -0.39 is 11.0 Å². The second-order valence-electron chi connectivity index (χ2n) is 3.43. The smallest absolute Gasteiger partial charge is 0.275 e. The quantitative estimate of drug-likeness (QED) is 0.611. The molecule has 1 aromatic carbocycles. The van der Waals surface area contributed by atoms with Crippen molar-refractivity contribution in [1.82, 2.24) is 0 Å². The van der Waals surface area contributed by atoms with Crippen LogP contribution in [0.2, 0.25) is 0 Å². The summed E-state index contributed by atoms with van der Waals surface area (Å²) in [6.07, 6.45) is -0.868. The standard InChI is InChI=1S/C11H13NO4/c1-2-8(13)7-11(14)9-5-3-4-6-10(9)12(15)16/h3-6,11,14H,2,7H2,1H3/t11-/m1/s1. The Morgan fingerprint density at radius 3 is 2.69 bits per heavy atom. The van der Waals surface area contributed by atoms with Crippen molar-refractivity contribution in [1.29, 1.82) is 0 Å². The van der Waals surface area contributed by atoms with Gasteiger partial charge in [0.2, 0.25) is 0 Å². The molecule has 1 N–H and O–H groups in total. The first-order valence-electron chi connectivity index (χ1n) is 4.99. The van der Waals surface area contributed by atoms with E-state index in [0.717, 1.165) is 0 Å². The Hall–Kier alpha value is -1.75. The largest absolute Gasteiger partial charge is 0.388 e. The van der Waals surface area contributed by atoms with Crippen molar-refractivity contribution in [3.63, 3.8) is 0 Å². The van der Waals surface area contributed by atoms with E-state index in [4.69, 9.17) is 0 Å². The summed E-state index contributed by atoms with van der Waals surface area (Å²) in [5, 5.41) is 20.4. The van der Waals surface area contributed by atoms with E-state index in [0.29, 0.717) is 6.42 Å². The number of rotatable bonds is 5. The number of nitro groups is 1. The Morgan fingerprint density at radius 1 is 1.50 bits per heavy atom. The number of para-hydroxylation sites is 1. The van der Waals surface area contributed by atoms with Crippen LogP contribution in [0.25, 0.3) is 0 Å². The average Bonchev–Trinajstić information content (AvgIpc) is 2.28. The molecule has 0 spiro atoms. The molecule has 0 aliphatic rings. The molecule has 16 heavy (non-hydrogen) atoms. The molecule has 0 unspecified atom stereocenters. The zero-order valence-electron chi connectivity index (χ0n) is 8.92. The normalized spacial score (nSPS) is 12.1. The van der Waals surface area contributed by atoms with Crippen molar-refractivity contribution in [2.75, 3.05) is 0 Å². The first kappa shape index (κ1) is 12.3. The SMILES string of the molecule is CCC(=O)C[C@@H](O)c1ccccc1[N+](=O)[O-]. The molecule has 0 amide bonds. The molecule has 0 aliphatic heterocycles. The van der Waals surface area contributed by atoms with E-state index in [2.05, 4.69) is 0 Å². The van der Waals surface area contributed by atoms with E-state index in [9.17, 15) is 20.0 Å². The van der Waals surface area contributed by atoms with E-state index in [1.54, 1.807) is 13.0 Å². The van der Waals surface area contributed by atoms with Crippen LogP contribution in [0.5, 0.6) is 0 Å². The maximum absolute atomic E-state index is 11.1. The fourth-order valence-corrected chi connectivity index (χ4v) is 1.41. The van der Waals surface area contributed by atoms with Gasteiger partial charge in [0.25, 0.3) is 5.69 Å². The number of Topliss-reactive ketones (excluding diaryl/α,β-unsaturated/α-hetero) is 1. The molecule has 0 radical (unpaired) electrons. The first-order chi connectivity index (χ1) is 7.56. The Morgan fingerprint density at radius 2 is 2.12 bits per heavy atom. The summed E-state index contributed by atoms with van der Waals surface area (Å²) in [5.74, 6) is -0.120. The summed E-state index contributed by atoms with van der Waals surface area (Å²) in [5.41, 5.74) is 0.0354. The number of hydrogen-bond donors (Lipinski definition) is 1. The van der Waals surface area contributed by atoms with Gasteiger partial charge in [-0.15, -0.1) is 0 Å². The number of aliphatic hydroxyl groups is 1. The fourth-order valence-electron chi connectivity index (χ4n) is 1.41. The number of nitro benzene ring substituents is 1. The van der Waals surface area contributed by atoms with Gasteiger partial charge in [-0.1, -0.05) is 19.1 Å². The van der Waals surface area contributed by atoms with Gasteiger partial charge in [-0.3, -0.25) is 14.9 Å². The van der Waals surface area contributed by atoms with Gasteiger partial charge in [0.15, 0.2) is 0 Å². The van der Waals surface area contributed by atoms with Crippen LogP contribution in [-0.2, 0) is 4.79 Å². The lowest BCUT2D eigenvalue weighted by molar-refractivity contribution is -0.386. The maximum Gasteiger partial charge on any atom is 0.275 e. The van der Waals surface area contributed by atoms with Crippen molar-refractivity contribution < 1.29 is 14.8 Å². The molecule has 0 aromatic heterocycles. The van der Waals surface area contributed by atoms with E-state index in [-0.39, 0.29) is 23.5 Å². The van der Waals surface area contributed by atoms with Crippen molar-refractivity contribution in [3.05, 3.63) is 39.9 Å². The number of aliphatic hydroxyl groups excluding tert-OH is 1. The van der Waals surface area contributed by atoms with Crippen molar-refractivity contribution >= 4 is 11.5 Å². The van der Waals surface area contributed by atoms with Crippen molar-refractivity contribution in [2.24, 2.45) is 0 Å². The lowest BCUT2D eigenvalue weighted by atomic mass is 10.0. The highest BCUT2D eigenvalue weighted by molar-refractivity contribution is 5.78. The van der Waals surface area contributed by atoms with Crippen LogP contribution >= 0.6 is 0 Å². The second-order valence-corrected chi connectivity index (χ2v) is 3.43. The summed E-state index contributed by atoms with van der Waals surface area (Å²) in [4.78, 5) is 21.3. The predicted octanol–water partition coefficient (Wildman–Crippen LogP) is 2.00. The summed E-state index contributed by atoms with van der Waals surface area (Å²) in [6, 6.07) is 5.90. The lowest BCUT2D eigenvalue weighted by Gasteiger charge is -2.09.